The molecule has 0 atom stereocenters. The second-order valence-corrected chi connectivity index (χ2v) is 3.40. The second kappa shape index (κ2) is 6.20. The summed E-state index contributed by atoms with van der Waals surface area (Å²) in [6.07, 6.45) is 9.36. The molecule has 0 aromatic rings. The Hall–Kier alpha value is -1.34. The first-order valence-corrected chi connectivity index (χ1v) is 5.00. The predicted molar refractivity (Wildman–Crippen MR) is 67.7 cm³/mol. The molecule has 0 aromatic heterocycles. The summed E-state index contributed by atoms with van der Waals surface area (Å²) in [5.74, 6) is 0. The normalized spacial score (nSPS) is 12.2. The minimum absolute atomic E-state index is 0.416. The van der Waals surface area contributed by atoms with Gasteiger partial charge >= 0.3 is 0 Å². The average molecular weight is 204 g/mol. The van der Waals surface area contributed by atoms with Crippen LogP contribution in [-0.4, -0.2) is 10.7 Å². The highest BCUT2D eigenvalue weighted by molar-refractivity contribution is 5.41. The van der Waals surface area contributed by atoms with Gasteiger partial charge in [0.05, 0.1) is 0 Å². The van der Waals surface area contributed by atoms with E-state index >= 15 is 0 Å². The molecule has 1 N–H and O–H groups in total. The Morgan fingerprint density at radius 2 is 1.53 bits per heavy atom. The number of rotatable bonds is 6. The van der Waals surface area contributed by atoms with Gasteiger partial charge in [-0.05, 0) is 25.0 Å². The van der Waals surface area contributed by atoms with Crippen LogP contribution < -0.4 is 0 Å². The molecule has 1 heteroatoms. The van der Waals surface area contributed by atoms with E-state index in [4.69, 9.17) is 0 Å². The molecule has 0 aromatic carbocycles. The maximum absolute atomic E-state index is 10.4. The Bertz CT molecular complexity index is 281. The number of hydrogen-bond donors (Lipinski definition) is 1. The van der Waals surface area contributed by atoms with Gasteiger partial charge in [0.25, 0.3) is 0 Å². The average Bonchev–Trinajstić information content (AvgIpc) is 2.18. The van der Waals surface area contributed by atoms with Crippen LogP contribution in [0.3, 0.4) is 0 Å². The van der Waals surface area contributed by atoms with Crippen LogP contribution in [-0.2, 0) is 0 Å². The van der Waals surface area contributed by atoms with Crippen LogP contribution in [0.25, 0.3) is 0 Å². The third-order valence-corrected chi connectivity index (χ3v) is 2.24. The van der Waals surface area contributed by atoms with E-state index in [1.807, 2.05) is 26.0 Å². The summed E-state index contributed by atoms with van der Waals surface area (Å²) in [4.78, 5) is 0. The minimum Gasteiger partial charge on any atom is -0.380 e. The first-order chi connectivity index (χ1) is 7.02. The van der Waals surface area contributed by atoms with Crippen molar-refractivity contribution in [2.75, 3.05) is 0 Å². The molecule has 0 radical (unpaired) electrons. The van der Waals surface area contributed by atoms with Gasteiger partial charge in [-0.15, -0.1) is 6.58 Å². The van der Waals surface area contributed by atoms with E-state index in [0.717, 1.165) is 0 Å². The maximum Gasteiger partial charge on any atom is 0.117 e. The van der Waals surface area contributed by atoms with E-state index in [0.29, 0.717) is 17.6 Å². The second-order valence-electron chi connectivity index (χ2n) is 3.40. The first-order valence-electron chi connectivity index (χ1n) is 5.00. The highest BCUT2D eigenvalue weighted by Gasteiger charge is 2.29. The third kappa shape index (κ3) is 3.37. The van der Waals surface area contributed by atoms with E-state index in [1.54, 1.807) is 18.2 Å². The highest BCUT2D eigenvalue weighted by Crippen LogP contribution is 2.29. The van der Waals surface area contributed by atoms with Crippen molar-refractivity contribution in [3.63, 3.8) is 0 Å². The molecule has 82 valence electrons. The molecule has 0 unspecified atom stereocenters. The number of hydrogen-bond acceptors (Lipinski definition) is 1. The summed E-state index contributed by atoms with van der Waals surface area (Å²) in [5.41, 5.74) is 0.154. The molecule has 0 bridgehead atoms. The molecule has 15 heavy (non-hydrogen) atoms. The summed E-state index contributed by atoms with van der Waals surface area (Å²) in [5, 5.41) is 10.4. The maximum atomic E-state index is 10.4. The van der Waals surface area contributed by atoms with Gasteiger partial charge in [0.1, 0.15) is 5.60 Å². The van der Waals surface area contributed by atoms with Crippen molar-refractivity contribution in [2.45, 2.75) is 25.9 Å². The van der Waals surface area contributed by atoms with Gasteiger partial charge in [0, 0.05) is 6.42 Å². The standard InChI is InChI=1S/C14H20O/c1-6-9-12(4)14(15,11-8-3)13(5)10-7-2/h6-10,15H,3-5,11H2,1-2H3/b9-6-,10-7-. The van der Waals surface area contributed by atoms with Crippen molar-refractivity contribution in [3.8, 4) is 0 Å². The minimum atomic E-state index is -1.11. The van der Waals surface area contributed by atoms with Crippen LogP contribution in [0, 0.1) is 0 Å². The molecular weight excluding hydrogens is 184 g/mol. The van der Waals surface area contributed by atoms with E-state index < -0.39 is 5.60 Å². The van der Waals surface area contributed by atoms with Crippen molar-refractivity contribution in [2.24, 2.45) is 0 Å². The molecule has 0 rings (SSSR count). The highest BCUT2D eigenvalue weighted by atomic mass is 16.3. The topological polar surface area (TPSA) is 20.2 Å². The molecule has 0 saturated carbocycles. The Morgan fingerprint density at radius 3 is 1.80 bits per heavy atom. The molecule has 0 heterocycles. The van der Waals surface area contributed by atoms with E-state index in [2.05, 4.69) is 19.7 Å². The predicted octanol–water partition coefficient (Wildman–Crippen LogP) is 3.56. The third-order valence-electron chi connectivity index (χ3n) is 2.24. The van der Waals surface area contributed by atoms with Crippen LogP contribution in [0.5, 0.6) is 0 Å². The Balaban J connectivity index is 5.12. The quantitative estimate of drug-likeness (QED) is 0.518. The lowest BCUT2D eigenvalue weighted by molar-refractivity contribution is 0.128. The van der Waals surface area contributed by atoms with Crippen molar-refractivity contribution in [1.82, 2.24) is 0 Å². The summed E-state index contributed by atoms with van der Waals surface area (Å²) >= 11 is 0. The molecule has 0 aliphatic heterocycles. The van der Waals surface area contributed by atoms with Gasteiger partial charge < -0.3 is 5.11 Å². The molecule has 0 saturated heterocycles. The van der Waals surface area contributed by atoms with Gasteiger partial charge in [0.2, 0.25) is 0 Å². The molecule has 0 fully saturated rings. The van der Waals surface area contributed by atoms with Crippen LogP contribution >= 0.6 is 0 Å². The lowest BCUT2D eigenvalue weighted by Crippen LogP contribution is -2.30. The fourth-order valence-corrected chi connectivity index (χ4v) is 1.36. The Morgan fingerprint density at radius 1 is 1.13 bits per heavy atom. The fourth-order valence-electron chi connectivity index (χ4n) is 1.36. The van der Waals surface area contributed by atoms with Gasteiger partial charge in [-0.3, -0.25) is 0 Å². The van der Waals surface area contributed by atoms with Crippen molar-refractivity contribution in [3.05, 3.63) is 61.3 Å². The molecule has 0 aliphatic carbocycles. The monoisotopic (exact) mass is 204 g/mol. The largest absolute Gasteiger partial charge is 0.380 e. The molecule has 0 aliphatic rings. The van der Waals surface area contributed by atoms with Crippen LogP contribution in [0.1, 0.15) is 20.3 Å². The van der Waals surface area contributed by atoms with Crippen molar-refractivity contribution in [1.29, 1.82) is 0 Å². The van der Waals surface area contributed by atoms with Crippen LogP contribution in [0.15, 0.2) is 61.3 Å². The summed E-state index contributed by atoms with van der Waals surface area (Å²) in [6, 6.07) is 0. The lowest BCUT2D eigenvalue weighted by atomic mass is 9.84. The SMILES string of the molecule is C=CCC(O)(C(=C)/C=C\C)C(=C)/C=C\C. The first kappa shape index (κ1) is 13.7. The Kier molecular flexibility index (Phi) is 5.65. The zero-order valence-electron chi connectivity index (χ0n) is 9.66. The fraction of sp³-hybridized carbons (Fsp3) is 0.286. The number of allylic oxidation sites excluding steroid dienone is 2. The van der Waals surface area contributed by atoms with Crippen molar-refractivity contribution < 1.29 is 5.11 Å². The van der Waals surface area contributed by atoms with Crippen LogP contribution in [0.2, 0.25) is 0 Å². The van der Waals surface area contributed by atoms with E-state index in [9.17, 15) is 5.11 Å². The number of aliphatic hydroxyl groups is 1. The van der Waals surface area contributed by atoms with E-state index in [1.165, 1.54) is 0 Å². The Labute approximate surface area is 92.8 Å². The van der Waals surface area contributed by atoms with E-state index in [-0.39, 0.29) is 0 Å². The van der Waals surface area contributed by atoms with Gasteiger partial charge in [-0.2, -0.15) is 0 Å². The molecule has 0 amide bonds. The van der Waals surface area contributed by atoms with Crippen LogP contribution in [0.4, 0.5) is 0 Å². The lowest BCUT2D eigenvalue weighted by Gasteiger charge is -2.28. The van der Waals surface area contributed by atoms with Gasteiger partial charge in [-0.25, -0.2) is 0 Å². The summed E-state index contributed by atoms with van der Waals surface area (Å²) in [7, 11) is 0. The molecule has 1 nitrogen and oxygen atoms in total. The smallest absolute Gasteiger partial charge is 0.117 e. The summed E-state index contributed by atoms with van der Waals surface area (Å²) < 4.78 is 0. The zero-order valence-corrected chi connectivity index (χ0v) is 9.66. The van der Waals surface area contributed by atoms with Crippen molar-refractivity contribution >= 4 is 0 Å². The van der Waals surface area contributed by atoms with Gasteiger partial charge in [0.15, 0.2) is 0 Å². The molecular formula is C14H20O. The molecule has 0 spiro atoms. The summed E-state index contributed by atoms with van der Waals surface area (Å²) in [6.45, 7) is 15.1. The van der Waals surface area contributed by atoms with Gasteiger partial charge in [-0.1, -0.05) is 43.5 Å². The zero-order chi connectivity index (χ0) is 11.9.